The third kappa shape index (κ3) is 3.34. The number of aliphatic hydroxyl groups excluding tert-OH is 1. The van der Waals surface area contributed by atoms with Crippen LogP contribution in [0, 0.1) is 0 Å². The first-order valence-electron chi connectivity index (χ1n) is 6.77. The van der Waals surface area contributed by atoms with Crippen molar-refractivity contribution in [2.45, 2.75) is 51.5 Å². The average Bonchev–Trinajstić information content (AvgIpc) is 2.95. The maximum atomic E-state index is 12.2. The predicted octanol–water partition coefficient (Wildman–Crippen LogP) is 1.97. The second-order valence-corrected chi connectivity index (χ2v) is 6.99. The maximum absolute atomic E-state index is 12.2. The van der Waals surface area contributed by atoms with Gasteiger partial charge in [-0.3, -0.25) is 4.79 Å². The molecule has 1 saturated heterocycles. The fourth-order valence-electron chi connectivity index (χ4n) is 2.34. The molecule has 1 atom stereocenters. The van der Waals surface area contributed by atoms with E-state index < -0.39 is 0 Å². The highest BCUT2D eigenvalue weighted by molar-refractivity contribution is 7.09. The minimum atomic E-state index is 0.00761. The first kappa shape index (κ1) is 14.5. The Bertz CT molecular complexity index is 451. The number of aliphatic hydroxyl groups is 1. The molecule has 1 aromatic heterocycles. The summed E-state index contributed by atoms with van der Waals surface area (Å²) in [6, 6.07) is 0.00761. The van der Waals surface area contributed by atoms with Gasteiger partial charge in [-0.15, -0.1) is 11.3 Å². The van der Waals surface area contributed by atoms with E-state index in [9.17, 15) is 9.90 Å². The topological polar surface area (TPSA) is 53.4 Å². The molecule has 2 rings (SSSR count). The summed E-state index contributed by atoms with van der Waals surface area (Å²) < 4.78 is 0. The van der Waals surface area contributed by atoms with Crippen molar-refractivity contribution >= 4 is 17.2 Å². The molecule has 0 bridgehead atoms. The van der Waals surface area contributed by atoms with Crippen LogP contribution >= 0.6 is 11.3 Å². The van der Waals surface area contributed by atoms with E-state index in [2.05, 4.69) is 25.8 Å². The number of carbonyl (C=O) groups excluding carboxylic acids is 1. The third-order valence-corrected chi connectivity index (χ3v) is 4.75. The number of hydrogen-bond donors (Lipinski definition) is 1. The summed E-state index contributed by atoms with van der Waals surface area (Å²) in [5, 5.41) is 12.3. The van der Waals surface area contributed by atoms with Crippen molar-refractivity contribution in [2.24, 2.45) is 0 Å². The highest BCUT2D eigenvalue weighted by atomic mass is 32.1. The monoisotopic (exact) mass is 282 g/mol. The van der Waals surface area contributed by atoms with Gasteiger partial charge in [0.15, 0.2) is 0 Å². The molecule has 2 heterocycles. The van der Waals surface area contributed by atoms with Gasteiger partial charge >= 0.3 is 0 Å². The van der Waals surface area contributed by atoms with Gasteiger partial charge in [-0.2, -0.15) is 0 Å². The zero-order valence-corrected chi connectivity index (χ0v) is 12.7. The van der Waals surface area contributed by atoms with Crippen LogP contribution in [0.4, 0.5) is 0 Å². The number of rotatable bonds is 3. The highest BCUT2D eigenvalue weighted by Crippen LogP contribution is 2.26. The Balaban J connectivity index is 2.01. The summed E-state index contributed by atoms with van der Waals surface area (Å²) in [5.41, 5.74) is 0.885. The van der Waals surface area contributed by atoms with Gasteiger partial charge in [0.05, 0.1) is 29.8 Å². The predicted molar refractivity (Wildman–Crippen MR) is 76.3 cm³/mol. The molecule has 19 heavy (non-hydrogen) atoms. The summed E-state index contributed by atoms with van der Waals surface area (Å²) in [6.45, 7) is 7.20. The number of carbonyl (C=O) groups is 1. The Labute approximate surface area is 118 Å². The minimum absolute atomic E-state index is 0.00761. The Morgan fingerprint density at radius 3 is 2.89 bits per heavy atom. The lowest BCUT2D eigenvalue weighted by molar-refractivity contribution is -0.132. The molecule has 1 aromatic rings. The summed E-state index contributed by atoms with van der Waals surface area (Å²) in [4.78, 5) is 18.6. The Kier molecular flexibility index (Phi) is 4.26. The zero-order valence-electron chi connectivity index (χ0n) is 11.8. The van der Waals surface area contributed by atoms with E-state index in [1.54, 1.807) is 16.2 Å². The fourth-order valence-corrected chi connectivity index (χ4v) is 3.25. The molecule has 0 saturated carbocycles. The van der Waals surface area contributed by atoms with Crippen LogP contribution in [0.1, 0.15) is 44.3 Å². The average molecular weight is 282 g/mol. The molecule has 106 valence electrons. The molecule has 1 aliphatic heterocycles. The van der Waals surface area contributed by atoms with Crippen LogP contribution < -0.4 is 0 Å². The van der Waals surface area contributed by atoms with Crippen molar-refractivity contribution in [1.82, 2.24) is 9.88 Å². The number of amides is 1. The van der Waals surface area contributed by atoms with Crippen LogP contribution in [0.3, 0.4) is 0 Å². The van der Waals surface area contributed by atoms with Crippen molar-refractivity contribution in [2.75, 3.05) is 13.2 Å². The van der Waals surface area contributed by atoms with Crippen LogP contribution in [0.15, 0.2) is 5.38 Å². The van der Waals surface area contributed by atoms with Gasteiger partial charge in [0.25, 0.3) is 0 Å². The molecule has 0 aliphatic carbocycles. The number of thiazole rings is 1. The normalized spacial score (nSPS) is 20.0. The van der Waals surface area contributed by atoms with E-state index in [0.29, 0.717) is 6.42 Å². The first-order valence-corrected chi connectivity index (χ1v) is 7.65. The van der Waals surface area contributed by atoms with Crippen molar-refractivity contribution in [1.29, 1.82) is 0 Å². The van der Waals surface area contributed by atoms with Crippen molar-refractivity contribution in [3.05, 3.63) is 16.1 Å². The van der Waals surface area contributed by atoms with Crippen molar-refractivity contribution < 1.29 is 9.90 Å². The molecule has 0 radical (unpaired) electrons. The van der Waals surface area contributed by atoms with E-state index in [4.69, 9.17) is 0 Å². The van der Waals surface area contributed by atoms with Gasteiger partial charge in [0.1, 0.15) is 0 Å². The molecule has 1 aliphatic rings. The summed E-state index contributed by atoms with van der Waals surface area (Å²) in [6.07, 6.45) is 2.25. The van der Waals surface area contributed by atoms with E-state index >= 15 is 0 Å². The fraction of sp³-hybridized carbons (Fsp3) is 0.714. The summed E-state index contributed by atoms with van der Waals surface area (Å²) >= 11 is 1.62. The number of nitrogens with zero attached hydrogens (tertiary/aromatic N) is 2. The second-order valence-electron chi connectivity index (χ2n) is 6.14. The van der Waals surface area contributed by atoms with E-state index in [1.165, 1.54) is 0 Å². The molecular formula is C14H22N2O2S. The van der Waals surface area contributed by atoms with Crippen LogP contribution in [0.2, 0.25) is 0 Å². The van der Waals surface area contributed by atoms with Crippen LogP contribution in [0.5, 0.6) is 0 Å². The molecule has 0 aromatic carbocycles. The molecule has 1 fully saturated rings. The Morgan fingerprint density at radius 2 is 2.32 bits per heavy atom. The summed E-state index contributed by atoms with van der Waals surface area (Å²) in [5.74, 6) is 0.0855. The lowest BCUT2D eigenvalue weighted by atomic mass is 9.98. The lowest BCUT2D eigenvalue weighted by Gasteiger charge is -2.22. The van der Waals surface area contributed by atoms with Gasteiger partial charge in [-0.25, -0.2) is 4.98 Å². The SMILES string of the molecule is CC(C)(C)c1nc(CC(=O)N2CCCC2CO)cs1. The van der Waals surface area contributed by atoms with Gasteiger partial charge in [-0.1, -0.05) is 20.8 Å². The van der Waals surface area contributed by atoms with Crippen LogP contribution in [-0.2, 0) is 16.6 Å². The Morgan fingerprint density at radius 1 is 1.58 bits per heavy atom. The van der Waals surface area contributed by atoms with Gasteiger partial charge in [-0.05, 0) is 12.8 Å². The molecule has 1 amide bonds. The molecule has 0 spiro atoms. The largest absolute Gasteiger partial charge is 0.394 e. The number of hydrogen-bond acceptors (Lipinski definition) is 4. The van der Waals surface area contributed by atoms with Crippen LogP contribution in [-0.4, -0.2) is 40.1 Å². The van der Waals surface area contributed by atoms with Gasteiger partial charge in [0, 0.05) is 17.3 Å². The molecule has 1 unspecified atom stereocenters. The van der Waals surface area contributed by atoms with Gasteiger partial charge in [0.2, 0.25) is 5.91 Å². The smallest absolute Gasteiger partial charge is 0.228 e. The Hall–Kier alpha value is -0.940. The third-order valence-electron chi connectivity index (χ3n) is 3.43. The zero-order chi connectivity index (χ0) is 14.0. The number of aromatic nitrogens is 1. The van der Waals surface area contributed by atoms with Crippen LogP contribution in [0.25, 0.3) is 0 Å². The quantitative estimate of drug-likeness (QED) is 0.922. The highest BCUT2D eigenvalue weighted by Gasteiger charge is 2.28. The molecule has 1 N–H and O–H groups in total. The number of likely N-dealkylation sites (tertiary alicyclic amines) is 1. The maximum Gasteiger partial charge on any atom is 0.228 e. The first-order chi connectivity index (χ1) is 8.91. The van der Waals surface area contributed by atoms with E-state index in [1.807, 2.05) is 5.38 Å². The van der Waals surface area contributed by atoms with Gasteiger partial charge < -0.3 is 10.0 Å². The standard InChI is InChI=1S/C14H22N2O2S/c1-14(2,3)13-15-10(9-19-13)7-12(18)16-6-4-5-11(16)8-17/h9,11,17H,4-8H2,1-3H3. The summed E-state index contributed by atoms with van der Waals surface area (Å²) in [7, 11) is 0. The molecule has 5 heteroatoms. The van der Waals surface area contributed by atoms with E-state index in [0.717, 1.165) is 30.1 Å². The second kappa shape index (κ2) is 5.59. The lowest BCUT2D eigenvalue weighted by Crippen LogP contribution is -2.38. The minimum Gasteiger partial charge on any atom is -0.394 e. The van der Waals surface area contributed by atoms with E-state index in [-0.39, 0.29) is 24.0 Å². The molecule has 4 nitrogen and oxygen atoms in total. The molecular weight excluding hydrogens is 260 g/mol. The van der Waals surface area contributed by atoms with Crippen molar-refractivity contribution in [3.63, 3.8) is 0 Å². The van der Waals surface area contributed by atoms with Crippen molar-refractivity contribution in [3.8, 4) is 0 Å².